The molecule has 0 aliphatic carbocycles. The van der Waals surface area contributed by atoms with Gasteiger partial charge in [-0.3, -0.25) is 0 Å². The molecule has 1 nitrogen and oxygen atoms in total. The van der Waals surface area contributed by atoms with Crippen LogP contribution >= 0.6 is 11.6 Å². The third-order valence-corrected chi connectivity index (χ3v) is 2.09. The lowest BCUT2D eigenvalue weighted by atomic mass is 10.1. The molecule has 1 aromatic carbocycles. The number of hydrogen-bond acceptors (Lipinski definition) is 1. The predicted octanol–water partition coefficient (Wildman–Crippen LogP) is 2.29. The molecule has 1 rings (SSSR count). The van der Waals surface area contributed by atoms with Crippen molar-refractivity contribution in [3.63, 3.8) is 0 Å². The van der Waals surface area contributed by atoms with Crippen molar-refractivity contribution in [2.24, 2.45) is 5.73 Å². The highest BCUT2D eigenvalue weighted by atomic mass is 35.5. The van der Waals surface area contributed by atoms with E-state index in [0.29, 0.717) is 23.6 Å². The van der Waals surface area contributed by atoms with Gasteiger partial charge in [0, 0.05) is 5.02 Å². The molecule has 12 heavy (non-hydrogen) atoms. The summed E-state index contributed by atoms with van der Waals surface area (Å²) in [5.74, 6) is -0.220. The number of nitrogens with two attached hydrogens (primary N) is 1. The van der Waals surface area contributed by atoms with Crippen LogP contribution in [0, 0.1) is 12.7 Å². The highest BCUT2D eigenvalue weighted by Gasteiger charge is 2.04. The Balaban J connectivity index is 3.05. The number of rotatable bonds is 2. The monoisotopic (exact) mass is 187 g/mol. The van der Waals surface area contributed by atoms with Gasteiger partial charge in [-0.2, -0.15) is 0 Å². The summed E-state index contributed by atoms with van der Waals surface area (Å²) >= 11 is 5.86. The van der Waals surface area contributed by atoms with Crippen LogP contribution in [-0.2, 0) is 6.42 Å². The van der Waals surface area contributed by atoms with Gasteiger partial charge in [-0.25, -0.2) is 4.39 Å². The minimum absolute atomic E-state index is 0.220. The average molecular weight is 188 g/mol. The summed E-state index contributed by atoms with van der Waals surface area (Å²) in [5, 5.41) is 0.597. The highest BCUT2D eigenvalue weighted by Crippen LogP contribution is 2.20. The van der Waals surface area contributed by atoms with Crippen LogP contribution in [0.15, 0.2) is 12.1 Å². The molecule has 0 atom stereocenters. The Labute approximate surface area is 76.3 Å². The summed E-state index contributed by atoms with van der Waals surface area (Å²) in [6, 6.07) is 3.08. The van der Waals surface area contributed by atoms with Gasteiger partial charge in [0.25, 0.3) is 0 Å². The molecule has 0 saturated heterocycles. The van der Waals surface area contributed by atoms with Crippen molar-refractivity contribution >= 4 is 11.6 Å². The molecular weight excluding hydrogens is 177 g/mol. The van der Waals surface area contributed by atoms with Gasteiger partial charge in [-0.1, -0.05) is 11.6 Å². The Morgan fingerprint density at radius 3 is 2.75 bits per heavy atom. The van der Waals surface area contributed by atoms with Crippen LogP contribution in [0.4, 0.5) is 4.39 Å². The molecule has 0 radical (unpaired) electrons. The van der Waals surface area contributed by atoms with Crippen LogP contribution in [0.25, 0.3) is 0 Å². The molecular formula is C9H11ClFN. The lowest BCUT2D eigenvalue weighted by Crippen LogP contribution is -2.03. The quantitative estimate of drug-likeness (QED) is 0.756. The molecule has 0 amide bonds. The summed E-state index contributed by atoms with van der Waals surface area (Å²) in [7, 11) is 0. The SMILES string of the molecule is Cc1cc(Cl)c(CCN)cc1F. The average Bonchev–Trinajstić information content (AvgIpc) is 2.01. The van der Waals surface area contributed by atoms with E-state index in [4.69, 9.17) is 17.3 Å². The van der Waals surface area contributed by atoms with Gasteiger partial charge in [0.15, 0.2) is 0 Å². The van der Waals surface area contributed by atoms with Crippen molar-refractivity contribution in [1.82, 2.24) is 0 Å². The maximum Gasteiger partial charge on any atom is 0.126 e. The Morgan fingerprint density at radius 1 is 1.50 bits per heavy atom. The summed E-state index contributed by atoms with van der Waals surface area (Å²) in [4.78, 5) is 0. The topological polar surface area (TPSA) is 26.0 Å². The third-order valence-electron chi connectivity index (χ3n) is 1.74. The fourth-order valence-corrected chi connectivity index (χ4v) is 1.35. The summed E-state index contributed by atoms with van der Waals surface area (Å²) in [6.45, 7) is 2.18. The molecule has 2 N–H and O–H groups in total. The van der Waals surface area contributed by atoms with Gasteiger partial charge < -0.3 is 5.73 Å². The Morgan fingerprint density at radius 2 is 2.17 bits per heavy atom. The first kappa shape index (κ1) is 9.49. The zero-order valence-electron chi connectivity index (χ0n) is 6.90. The summed E-state index contributed by atoms with van der Waals surface area (Å²) in [5.41, 5.74) is 6.69. The maximum absolute atomic E-state index is 13.0. The minimum atomic E-state index is -0.220. The fourth-order valence-electron chi connectivity index (χ4n) is 1.03. The Kier molecular flexibility index (Phi) is 3.06. The highest BCUT2D eigenvalue weighted by molar-refractivity contribution is 6.31. The van der Waals surface area contributed by atoms with Crippen molar-refractivity contribution in [2.75, 3.05) is 6.54 Å². The lowest BCUT2D eigenvalue weighted by molar-refractivity contribution is 0.616. The van der Waals surface area contributed by atoms with Crippen LogP contribution < -0.4 is 5.73 Å². The third kappa shape index (κ3) is 1.96. The second-order valence-electron chi connectivity index (χ2n) is 2.73. The molecule has 0 aliphatic heterocycles. The first-order valence-electron chi connectivity index (χ1n) is 3.79. The molecule has 0 unspecified atom stereocenters. The van der Waals surface area contributed by atoms with Gasteiger partial charge in [0.2, 0.25) is 0 Å². The lowest BCUT2D eigenvalue weighted by Gasteiger charge is -2.04. The predicted molar refractivity (Wildman–Crippen MR) is 48.9 cm³/mol. The zero-order valence-corrected chi connectivity index (χ0v) is 7.66. The molecule has 0 fully saturated rings. The first-order valence-corrected chi connectivity index (χ1v) is 4.17. The van der Waals surface area contributed by atoms with E-state index in [0.717, 1.165) is 5.56 Å². The fraction of sp³-hybridized carbons (Fsp3) is 0.333. The smallest absolute Gasteiger partial charge is 0.126 e. The van der Waals surface area contributed by atoms with E-state index in [2.05, 4.69) is 0 Å². The Bertz CT molecular complexity index is 286. The molecule has 0 spiro atoms. The molecule has 0 aromatic heterocycles. The molecule has 3 heteroatoms. The molecule has 66 valence electrons. The molecule has 0 bridgehead atoms. The molecule has 0 saturated carbocycles. The van der Waals surface area contributed by atoms with Crippen molar-refractivity contribution < 1.29 is 4.39 Å². The van der Waals surface area contributed by atoms with Crippen LogP contribution in [-0.4, -0.2) is 6.54 Å². The second-order valence-corrected chi connectivity index (χ2v) is 3.14. The standard InChI is InChI=1S/C9H11ClFN/c1-6-4-8(10)7(2-3-12)5-9(6)11/h4-5H,2-3,12H2,1H3. The van der Waals surface area contributed by atoms with Gasteiger partial charge in [-0.15, -0.1) is 0 Å². The second kappa shape index (κ2) is 3.87. The number of benzene rings is 1. The van der Waals surface area contributed by atoms with Crippen LogP contribution in [0.2, 0.25) is 5.02 Å². The van der Waals surface area contributed by atoms with Crippen LogP contribution in [0.3, 0.4) is 0 Å². The van der Waals surface area contributed by atoms with Crippen molar-refractivity contribution in [1.29, 1.82) is 0 Å². The molecule has 0 aliphatic rings. The van der Waals surface area contributed by atoms with Crippen LogP contribution in [0.5, 0.6) is 0 Å². The van der Waals surface area contributed by atoms with Gasteiger partial charge >= 0.3 is 0 Å². The van der Waals surface area contributed by atoms with Gasteiger partial charge in [-0.05, 0) is 43.1 Å². The zero-order chi connectivity index (χ0) is 9.14. The van der Waals surface area contributed by atoms with E-state index in [1.54, 1.807) is 13.0 Å². The normalized spacial score (nSPS) is 10.3. The van der Waals surface area contributed by atoms with E-state index >= 15 is 0 Å². The number of halogens is 2. The van der Waals surface area contributed by atoms with E-state index in [1.807, 2.05) is 0 Å². The van der Waals surface area contributed by atoms with Gasteiger partial charge in [0.1, 0.15) is 5.82 Å². The number of hydrogen-bond donors (Lipinski definition) is 1. The molecule has 1 aromatic rings. The Hall–Kier alpha value is -0.600. The van der Waals surface area contributed by atoms with Gasteiger partial charge in [0.05, 0.1) is 0 Å². The van der Waals surface area contributed by atoms with Crippen molar-refractivity contribution in [2.45, 2.75) is 13.3 Å². The first-order chi connectivity index (χ1) is 5.65. The van der Waals surface area contributed by atoms with Crippen molar-refractivity contribution in [3.05, 3.63) is 34.1 Å². The summed E-state index contributed by atoms with van der Waals surface area (Å²) < 4.78 is 13.0. The van der Waals surface area contributed by atoms with E-state index in [-0.39, 0.29) is 5.82 Å². The van der Waals surface area contributed by atoms with Crippen LogP contribution in [0.1, 0.15) is 11.1 Å². The van der Waals surface area contributed by atoms with E-state index in [1.165, 1.54) is 6.07 Å². The summed E-state index contributed by atoms with van der Waals surface area (Å²) in [6.07, 6.45) is 0.621. The molecule has 0 heterocycles. The largest absolute Gasteiger partial charge is 0.330 e. The van der Waals surface area contributed by atoms with E-state index in [9.17, 15) is 4.39 Å². The maximum atomic E-state index is 13.0. The minimum Gasteiger partial charge on any atom is -0.330 e. The number of aryl methyl sites for hydroxylation is 1. The van der Waals surface area contributed by atoms with Crippen molar-refractivity contribution in [3.8, 4) is 0 Å². The van der Waals surface area contributed by atoms with E-state index < -0.39 is 0 Å².